The van der Waals surface area contributed by atoms with Crippen molar-refractivity contribution >= 4 is 40.7 Å². The SMILES string of the molecule is CCOC(=O)C1=C(C)N=c2sc(=Cc3ccc(-c4ccc(Cl)c([N+](=O)[O-])c4)o3)c(=O)n2C1c1ccc(OC)c(OC)c1. The number of esters is 1. The van der Waals surface area contributed by atoms with E-state index < -0.39 is 22.5 Å². The minimum Gasteiger partial charge on any atom is -0.493 e. The van der Waals surface area contributed by atoms with Gasteiger partial charge in [0.2, 0.25) is 0 Å². The first-order valence-electron chi connectivity index (χ1n) is 12.6. The molecule has 0 saturated heterocycles. The van der Waals surface area contributed by atoms with Crippen molar-refractivity contribution in [3.05, 3.63) is 106 Å². The summed E-state index contributed by atoms with van der Waals surface area (Å²) < 4.78 is 23.8. The molecule has 42 heavy (non-hydrogen) atoms. The summed E-state index contributed by atoms with van der Waals surface area (Å²) in [6.07, 6.45) is 1.56. The summed E-state index contributed by atoms with van der Waals surface area (Å²) in [6, 6.07) is 12.0. The number of benzene rings is 2. The average molecular weight is 610 g/mol. The quantitative estimate of drug-likeness (QED) is 0.160. The van der Waals surface area contributed by atoms with Crippen molar-refractivity contribution in [2.24, 2.45) is 4.99 Å². The number of hydrogen-bond donors (Lipinski definition) is 0. The first-order chi connectivity index (χ1) is 20.2. The summed E-state index contributed by atoms with van der Waals surface area (Å²) in [6.45, 7) is 3.55. The van der Waals surface area contributed by atoms with Gasteiger partial charge in [-0.05, 0) is 55.8 Å². The third-order valence-electron chi connectivity index (χ3n) is 6.57. The Labute approximate surface area is 247 Å². The molecule has 3 heterocycles. The van der Waals surface area contributed by atoms with Gasteiger partial charge in [0.25, 0.3) is 11.2 Å². The molecular weight excluding hydrogens is 586 g/mol. The first-order valence-corrected chi connectivity index (χ1v) is 13.8. The Balaban J connectivity index is 1.63. The second-order valence-electron chi connectivity index (χ2n) is 9.04. The third-order valence-corrected chi connectivity index (χ3v) is 7.87. The molecule has 1 aliphatic heterocycles. The first kappa shape index (κ1) is 28.8. The van der Waals surface area contributed by atoms with Gasteiger partial charge in [-0.2, -0.15) is 0 Å². The second kappa shape index (κ2) is 11.7. The number of thiazole rings is 1. The Bertz CT molecular complexity index is 1940. The average Bonchev–Trinajstić information content (AvgIpc) is 3.56. The van der Waals surface area contributed by atoms with E-state index in [1.807, 2.05) is 0 Å². The smallest absolute Gasteiger partial charge is 0.338 e. The zero-order valence-electron chi connectivity index (χ0n) is 22.9. The minimum atomic E-state index is -0.843. The number of ether oxygens (including phenoxy) is 3. The van der Waals surface area contributed by atoms with Gasteiger partial charge < -0.3 is 18.6 Å². The summed E-state index contributed by atoms with van der Waals surface area (Å²) in [7, 11) is 3.02. The molecule has 13 heteroatoms. The van der Waals surface area contributed by atoms with Crippen molar-refractivity contribution < 1.29 is 28.3 Å². The van der Waals surface area contributed by atoms with Crippen LogP contribution in [0.4, 0.5) is 5.69 Å². The van der Waals surface area contributed by atoms with E-state index >= 15 is 0 Å². The molecule has 4 aromatic rings. The molecular formula is C29H24ClN3O8S. The van der Waals surface area contributed by atoms with Gasteiger partial charge in [0, 0.05) is 17.7 Å². The molecule has 0 spiro atoms. The summed E-state index contributed by atoms with van der Waals surface area (Å²) in [5.41, 5.74) is 1.06. The van der Waals surface area contributed by atoms with Crippen LogP contribution in [0.25, 0.3) is 17.4 Å². The molecule has 11 nitrogen and oxygen atoms in total. The molecule has 2 aromatic heterocycles. The molecule has 0 radical (unpaired) electrons. The van der Waals surface area contributed by atoms with Crippen molar-refractivity contribution in [3.8, 4) is 22.8 Å². The van der Waals surface area contributed by atoms with Gasteiger partial charge in [-0.1, -0.05) is 29.0 Å². The van der Waals surface area contributed by atoms with Crippen LogP contribution in [0.2, 0.25) is 5.02 Å². The van der Waals surface area contributed by atoms with Gasteiger partial charge in [-0.15, -0.1) is 0 Å². The normalized spacial score (nSPS) is 14.8. The highest BCUT2D eigenvalue weighted by atomic mass is 35.5. The van der Waals surface area contributed by atoms with E-state index in [0.29, 0.717) is 49.2 Å². The number of hydrogen-bond acceptors (Lipinski definition) is 10. The number of allylic oxidation sites excluding steroid dienone is 1. The number of nitro benzene ring substituents is 1. The summed E-state index contributed by atoms with van der Waals surface area (Å²) in [5.74, 6) is 1.04. The van der Waals surface area contributed by atoms with Crippen LogP contribution in [0.3, 0.4) is 0 Å². The second-order valence-corrected chi connectivity index (χ2v) is 10.5. The van der Waals surface area contributed by atoms with Gasteiger partial charge in [0.15, 0.2) is 16.3 Å². The number of nitro groups is 1. The van der Waals surface area contributed by atoms with Crippen LogP contribution < -0.4 is 24.4 Å². The van der Waals surface area contributed by atoms with Crippen molar-refractivity contribution in [1.82, 2.24) is 4.57 Å². The number of aromatic nitrogens is 1. The Hall–Kier alpha value is -4.68. The fraction of sp³-hybridized carbons (Fsp3) is 0.207. The molecule has 2 aromatic carbocycles. The maximum Gasteiger partial charge on any atom is 0.338 e. The number of methoxy groups -OCH3 is 2. The van der Waals surface area contributed by atoms with Crippen LogP contribution >= 0.6 is 22.9 Å². The van der Waals surface area contributed by atoms with Gasteiger partial charge in [0.05, 0.1) is 47.6 Å². The van der Waals surface area contributed by atoms with Crippen LogP contribution in [0.1, 0.15) is 31.2 Å². The van der Waals surface area contributed by atoms with E-state index in [4.69, 9.17) is 30.2 Å². The van der Waals surface area contributed by atoms with Crippen LogP contribution in [-0.2, 0) is 9.53 Å². The van der Waals surface area contributed by atoms with E-state index in [1.165, 1.54) is 30.9 Å². The number of rotatable bonds is 8. The molecule has 0 amide bonds. The molecule has 0 fully saturated rings. The highest BCUT2D eigenvalue weighted by Gasteiger charge is 2.34. The number of fused-ring (bicyclic) bond motifs is 1. The number of carbonyl (C=O) groups is 1. The predicted octanol–water partition coefficient (Wildman–Crippen LogP) is 4.64. The van der Waals surface area contributed by atoms with Gasteiger partial charge in [-0.3, -0.25) is 19.5 Å². The number of halogens is 1. The Morgan fingerprint density at radius 2 is 1.93 bits per heavy atom. The number of carbonyl (C=O) groups excluding carboxylic acids is 1. The summed E-state index contributed by atoms with van der Waals surface area (Å²) in [5, 5.41) is 11.3. The molecule has 0 saturated carbocycles. The van der Waals surface area contributed by atoms with Crippen molar-refractivity contribution in [1.29, 1.82) is 0 Å². The van der Waals surface area contributed by atoms with Crippen LogP contribution in [0.15, 0.2) is 74.0 Å². The van der Waals surface area contributed by atoms with Crippen LogP contribution in [0, 0.1) is 10.1 Å². The molecule has 1 aliphatic rings. The van der Waals surface area contributed by atoms with E-state index in [9.17, 15) is 19.7 Å². The molecule has 1 unspecified atom stereocenters. The largest absolute Gasteiger partial charge is 0.493 e. The fourth-order valence-corrected chi connectivity index (χ4v) is 5.86. The third kappa shape index (κ3) is 5.21. The number of nitrogens with zero attached hydrogens (tertiary/aromatic N) is 3. The highest BCUT2D eigenvalue weighted by molar-refractivity contribution is 7.07. The maximum atomic E-state index is 13.9. The zero-order chi connectivity index (χ0) is 30.1. The fourth-order valence-electron chi connectivity index (χ4n) is 4.65. The van der Waals surface area contributed by atoms with E-state index in [0.717, 1.165) is 11.3 Å². The van der Waals surface area contributed by atoms with E-state index in [1.54, 1.807) is 56.3 Å². The maximum absolute atomic E-state index is 13.9. The predicted molar refractivity (Wildman–Crippen MR) is 156 cm³/mol. The van der Waals surface area contributed by atoms with E-state index in [2.05, 4.69) is 4.99 Å². The zero-order valence-corrected chi connectivity index (χ0v) is 24.4. The lowest BCUT2D eigenvalue weighted by atomic mass is 9.95. The highest BCUT2D eigenvalue weighted by Crippen LogP contribution is 2.36. The Morgan fingerprint density at radius 3 is 2.62 bits per heavy atom. The Morgan fingerprint density at radius 1 is 1.17 bits per heavy atom. The van der Waals surface area contributed by atoms with Crippen molar-refractivity contribution in [2.45, 2.75) is 19.9 Å². The summed E-state index contributed by atoms with van der Waals surface area (Å²) in [4.78, 5) is 42.7. The van der Waals surface area contributed by atoms with Gasteiger partial charge in [0.1, 0.15) is 16.5 Å². The van der Waals surface area contributed by atoms with Crippen molar-refractivity contribution in [3.63, 3.8) is 0 Å². The summed E-state index contributed by atoms with van der Waals surface area (Å²) >= 11 is 7.07. The molecule has 5 rings (SSSR count). The van der Waals surface area contributed by atoms with Crippen LogP contribution in [-0.4, -0.2) is 36.3 Å². The lowest BCUT2D eigenvalue weighted by Crippen LogP contribution is -2.39. The monoisotopic (exact) mass is 609 g/mol. The molecule has 1 atom stereocenters. The molecule has 216 valence electrons. The molecule has 0 aliphatic carbocycles. The van der Waals surface area contributed by atoms with Gasteiger partial charge >= 0.3 is 5.97 Å². The number of furan rings is 1. The van der Waals surface area contributed by atoms with Crippen LogP contribution in [0.5, 0.6) is 11.5 Å². The lowest BCUT2D eigenvalue weighted by Gasteiger charge is -2.25. The lowest BCUT2D eigenvalue weighted by molar-refractivity contribution is -0.384. The van der Waals surface area contributed by atoms with E-state index in [-0.39, 0.29) is 22.9 Å². The topological polar surface area (TPSA) is 135 Å². The minimum absolute atomic E-state index is 0.0122. The van der Waals surface area contributed by atoms with Gasteiger partial charge in [-0.25, -0.2) is 9.79 Å². The van der Waals surface area contributed by atoms with Crippen molar-refractivity contribution in [2.75, 3.05) is 20.8 Å². The Kier molecular flexibility index (Phi) is 8.01. The molecule has 0 bridgehead atoms. The molecule has 0 N–H and O–H groups in total. The standard InChI is InChI=1S/C29H24ClN3O8S/c1-5-40-28(35)25-15(2)31-29-32(26(25)17-7-10-22(38-3)23(13-17)39-4)27(34)24(42-29)14-18-8-11-21(41-18)16-6-9-19(30)20(12-16)33(36)37/h6-14,26H,5H2,1-4H3.